The van der Waals surface area contributed by atoms with Crippen molar-refractivity contribution in [1.82, 2.24) is 10.3 Å². The van der Waals surface area contributed by atoms with Crippen molar-refractivity contribution in [2.24, 2.45) is 0 Å². The predicted octanol–water partition coefficient (Wildman–Crippen LogP) is 5.86. The van der Waals surface area contributed by atoms with Crippen LogP contribution in [0.1, 0.15) is 16.1 Å². The summed E-state index contributed by atoms with van der Waals surface area (Å²) in [4.78, 5) is 29.0. The molecule has 4 aromatic rings. The van der Waals surface area contributed by atoms with Crippen LogP contribution in [0.2, 0.25) is 10.0 Å². The van der Waals surface area contributed by atoms with Crippen molar-refractivity contribution in [3.63, 3.8) is 0 Å². The van der Waals surface area contributed by atoms with E-state index in [4.69, 9.17) is 27.6 Å². The molecule has 2 aromatic heterocycles. The Hall–Kier alpha value is -2.52. The number of benzene rings is 2. The van der Waals surface area contributed by atoms with Crippen LogP contribution in [-0.2, 0) is 11.3 Å². The van der Waals surface area contributed by atoms with Crippen LogP contribution in [-0.4, -0.2) is 22.6 Å². The fourth-order valence-corrected chi connectivity index (χ4v) is 4.90. The van der Waals surface area contributed by atoms with E-state index in [1.54, 1.807) is 36.6 Å². The van der Waals surface area contributed by atoms with Crippen molar-refractivity contribution < 1.29 is 14.0 Å². The van der Waals surface area contributed by atoms with Crippen LogP contribution in [0.3, 0.4) is 0 Å². The fourth-order valence-electron chi connectivity index (χ4n) is 2.66. The zero-order valence-corrected chi connectivity index (χ0v) is 19.0. The monoisotopic (exact) mass is 491 g/mol. The van der Waals surface area contributed by atoms with Crippen LogP contribution in [0.5, 0.6) is 0 Å². The molecule has 0 unspecified atom stereocenters. The summed E-state index contributed by atoms with van der Waals surface area (Å²) < 4.78 is 6.87. The summed E-state index contributed by atoms with van der Waals surface area (Å²) in [5.74, 6) is 0.566. The quantitative estimate of drug-likeness (QED) is 0.316. The van der Waals surface area contributed by atoms with E-state index in [0.717, 1.165) is 14.6 Å². The summed E-state index contributed by atoms with van der Waals surface area (Å²) in [5.41, 5.74) is 1.85. The van der Waals surface area contributed by atoms with Crippen LogP contribution in [0.15, 0.2) is 63.6 Å². The minimum absolute atomic E-state index is 0.102. The van der Waals surface area contributed by atoms with Crippen LogP contribution in [0, 0.1) is 0 Å². The number of amides is 2. The Morgan fingerprint density at radius 2 is 1.97 bits per heavy atom. The number of carbonyl (C=O) groups excluding carboxylic acids is 2. The normalized spacial score (nSPS) is 10.9. The van der Waals surface area contributed by atoms with Crippen molar-refractivity contribution >= 4 is 74.0 Å². The Morgan fingerprint density at radius 1 is 1.10 bits per heavy atom. The molecule has 0 fully saturated rings. The molecule has 2 aromatic carbocycles. The van der Waals surface area contributed by atoms with Gasteiger partial charge in [-0.3, -0.25) is 9.59 Å². The Bertz CT molecular complexity index is 1240. The smallest absolute Gasteiger partial charge is 0.255 e. The molecule has 0 bridgehead atoms. The highest BCUT2D eigenvalue weighted by molar-refractivity contribution is 8.01. The first kappa shape index (κ1) is 21.7. The number of carbonyl (C=O) groups is 2. The molecule has 0 saturated heterocycles. The number of thiazole rings is 1. The van der Waals surface area contributed by atoms with Gasteiger partial charge in [0, 0.05) is 11.3 Å². The summed E-state index contributed by atoms with van der Waals surface area (Å²) in [6.07, 6.45) is 1.57. The van der Waals surface area contributed by atoms with Crippen LogP contribution in [0.25, 0.3) is 10.2 Å². The molecule has 0 atom stereocenters. The minimum Gasteiger partial charge on any atom is -0.467 e. The lowest BCUT2D eigenvalue weighted by Crippen LogP contribution is -2.24. The van der Waals surface area contributed by atoms with Crippen molar-refractivity contribution in [2.45, 2.75) is 10.9 Å². The second kappa shape index (κ2) is 9.74. The number of fused-ring (bicyclic) bond motifs is 1. The molecule has 0 radical (unpaired) electrons. The van der Waals surface area contributed by atoms with Gasteiger partial charge in [0.05, 0.1) is 38.8 Å². The number of nitrogens with zero attached hydrogens (tertiary/aromatic N) is 1. The van der Waals surface area contributed by atoms with E-state index in [2.05, 4.69) is 15.6 Å². The van der Waals surface area contributed by atoms with Crippen molar-refractivity contribution in [3.05, 3.63) is 76.2 Å². The summed E-state index contributed by atoms with van der Waals surface area (Å²) in [6, 6.07) is 13.8. The average molecular weight is 492 g/mol. The zero-order chi connectivity index (χ0) is 21.8. The molecular formula is C21H15Cl2N3O3S2. The number of halogens is 2. The van der Waals surface area contributed by atoms with Gasteiger partial charge in [-0.05, 0) is 48.5 Å². The number of thioether (sulfide) groups is 1. The summed E-state index contributed by atoms with van der Waals surface area (Å²) in [7, 11) is 0. The largest absolute Gasteiger partial charge is 0.467 e. The van der Waals surface area contributed by atoms with E-state index in [-0.39, 0.29) is 17.6 Å². The molecule has 31 heavy (non-hydrogen) atoms. The van der Waals surface area contributed by atoms with Gasteiger partial charge in [0.1, 0.15) is 5.76 Å². The number of rotatable bonds is 7. The molecular weight excluding hydrogens is 477 g/mol. The third-order valence-corrected chi connectivity index (χ3v) is 7.08. The zero-order valence-electron chi connectivity index (χ0n) is 15.9. The van der Waals surface area contributed by atoms with E-state index in [9.17, 15) is 9.59 Å². The van der Waals surface area contributed by atoms with Gasteiger partial charge in [0.2, 0.25) is 5.91 Å². The van der Waals surface area contributed by atoms with E-state index in [1.165, 1.54) is 29.2 Å². The fraction of sp³-hybridized carbons (Fsp3) is 0.0952. The standard InChI is InChI=1S/C21H15Cl2N3O3S2/c22-15-5-3-12(8-16(15)23)20(28)25-13-4-6-17-18(9-13)31-21(26-17)30-11-19(27)24-10-14-2-1-7-29-14/h1-9H,10-11H2,(H,24,27)(H,25,28). The Morgan fingerprint density at radius 3 is 2.74 bits per heavy atom. The van der Waals surface area contributed by atoms with Crippen LogP contribution < -0.4 is 10.6 Å². The maximum Gasteiger partial charge on any atom is 0.255 e. The lowest BCUT2D eigenvalue weighted by molar-refractivity contribution is -0.118. The highest BCUT2D eigenvalue weighted by Crippen LogP contribution is 2.31. The molecule has 0 aliphatic carbocycles. The number of anilines is 1. The number of furan rings is 1. The van der Waals surface area contributed by atoms with Gasteiger partial charge in [0.25, 0.3) is 5.91 Å². The van der Waals surface area contributed by atoms with Gasteiger partial charge in [0.15, 0.2) is 4.34 Å². The first-order valence-electron chi connectivity index (χ1n) is 9.07. The summed E-state index contributed by atoms with van der Waals surface area (Å²) >= 11 is 14.7. The van der Waals surface area contributed by atoms with Crippen molar-refractivity contribution in [3.8, 4) is 0 Å². The molecule has 0 spiro atoms. The van der Waals surface area contributed by atoms with E-state index >= 15 is 0 Å². The molecule has 0 saturated carbocycles. The molecule has 6 nitrogen and oxygen atoms in total. The van der Waals surface area contributed by atoms with Crippen molar-refractivity contribution in [1.29, 1.82) is 0 Å². The molecule has 158 valence electrons. The Labute approximate surface area is 195 Å². The summed E-state index contributed by atoms with van der Waals surface area (Å²) in [6.45, 7) is 0.355. The molecule has 2 heterocycles. The van der Waals surface area contributed by atoms with E-state index in [0.29, 0.717) is 33.6 Å². The maximum atomic E-state index is 12.5. The number of hydrogen-bond donors (Lipinski definition) is 2. The van der Waals surface area contributed by atoms with Gasteiger partial charge in [-0.2, -0.15) is 0 Å². The predicted molar refractivity (Wildman–Crippen MR) is 125 cm³/mol. The second-order valence-corrected chi connectivity index (χ2v) is 9.46. The average Bonchev–Trinajstić information content (AvgIpc) is 3.41. The van der Waals surface area contributed by atoms with Crippen LogP contribution >= 0.6 is 46.3 Å². The number of aromatic nitrogens is 1. The number of hydrogen-bond acceptors (Lipinski definition) is 6. The third kappa shape index (κ3) is 5.59. The highest BCUT2D eigenvalue weighted by atomic mass is 35.5. The van der Waals surface area contributed by atoms with Gasteiger partial charge >= 0.3 is 0 Å². The Balaban J connectivity index is 1.36. The molecule has 2 amide bonds. The molecule has 0 aliphatic heterocycles. The summed E-state index contributed by atoms with van der Waals surface area (Å²) in [5, 5.41) is 6.36. The topological polar surface area (TPSA) is 84.2 Å². The molecule has 2 N–H and O–H groups in total. The highest BCUT2D eigenvalue weighted by Gasteiger charge is 2.12. The van der Waals surface area contributed by atoms with Crippen LogP contribution in [0.4, 0.5) is 5.69 Å². The lowest BCUT2D eigenvalue weighted by atomic mass is 10.2. The van der Waals surface area contributed by atoms with Gasteiger partial charge in [-0.25, -0.2) is 4.98 Å². The maximum absolute atomic E-state index is 12.5. The van der Waals surface area contributed by atoms with E-state index in [1.807, 2.05) is 12.1 Å². The van der Waals surface area contributed by atoms with Crippen molar-refractivity contribution in [2.75, 3.05) is 11.1 Å². The SMILES string of the molecule is O=C(CSc1nc2ccc(NC(=O)c3ccc(Cl)c(Cl)c3)cc2s1)NCc1ccco1. The lowest BCUT2D eigenvalue weighted by Gasteiger charge is -2.06. The number of nitrogens with one attached hydrogen (secondary N) is 2. The van der Waals surface area contributed by atoms with Gasteiger partial charge < -0.3 is 15.1 Å². The first-order chi connectivity index (χ1) is 15.0. The molecule has 0 aliphatic rings. The van der Waals surface area contributed by atoms with Gasteiger partial charge in [-0.1, -0.05) is 35.0 Å². The minimum atomic E-state index is -0.287. The second-order valence-electron chi connectivity index (χ2n) is 6.39. The molecule has 10 heteroatoms. The van der Waals surface area contributed by atoms with Gasteiger partial charge in [-0.15, -0.1) is 11.3 Å². The third-order valence-electron chi connectivity index (χ3n) is 4.18. The Kier molecular flexibility index (Phi) is 6.82. The first-order valence-corrected chi connectivity index (χ1v) is 11.6. The molecule has 4 rings (SSSR count). The van der Waals surface area contributed by atoms with E-state index < -0.39 is 0 Å².